The molecule has 0 atom stereocenters. The maximum Gasteiger partial charge on any atom is 0.251 e. The fourth-order valence-electron chi connectivity index (χ4n) is 2.95. The molecule has 28 heavy (non-hydrogen) atoms. The number of benzene rings is 1. The van der Waals surface area contributed by atoms with E-state index in [1.54, 1.807) is 0 Å². The number of rotatable bonds is 8. The number of sulfonamides is 1. The van der Waals surface area contributed by atoms with Gasteiger partial charge in [0.1, 0.15) is 0 Å². The van der Waals surface area contributed by atoms with E-state index in [1.807, 2.05) is 6.07 Å². The maximum atomic E-state index is 12.4. The Morgan fingerprint density at radius 1 is 1.25 bits per heavy atom. The zero-order valence-corrected chi connectivity index (χ0v) is 17.3. The molecule has 1 fully saturated rings. The first-order valence-electron chi connectivity index (χ1n) is 9.45. The van der Waals surface area contributed by atoms with E-state index in [0.717, 1.165) is 32.5 Å². The number of piperidine rings is 1. The first-order valence-corrected chi connectivity index (χ1v) is 10.9. The molecule has 152 valence electrons. The van der Waals surface area contributed by atoms with Gasteiger partial charge in [0.15, 0.2) is 0 Å². The van der Waals surface area contributed by atoms with Gasteiger partial charge in [-0.25, -0.2) is 13.1 Å². The zero-order valence-electron chi connectivity index (χ0n) is 16.4. The van der Waals surface area contributed by atoms with Crippen molar-refractivity contribution in [2.45, 2.75) is 44.0 Å². The van der Waals surface area contributed by atoms with Gasteiger partial charge in [-0.05, 0) is 51.0 Å². The molecule has 0 radical (unpaired) electrons. The third kappa shape index (κ3) is 6.75. The van der Waals surface area contributed by atoms with Crippen molar-refractivity contribution in [2.75, 3.05) is 26.2 Å². The van der Waals surface area contributed by atoms with E-state index in [0.29, 0.717) is 5.56 Å². The molecule has 1 aliphatic heterocycles. The fraction of sp³-hybridized carbons (Fsp3) is 0.500. The van der Waals surface area contributed by atoms with Crippen LogP contribution in [0.25, 0.3) is 0 Å². The average molecular weight is 405 g/mol. The Bertz CT molecular complexity index is 829. The van der Waals surface area contributed by atoms with Crippen molar-refractivity contribution in [3.8, 4) is 6.07 Å². The van der Waals surface area contributed by atoms with Crippen LogP contribution < -0.4 is 10.0 Å². The molecular weight excluding hydrogens is 376 g/mol. The smallest absolute Gasteiger partial charge is 0.251 e. The van der Waals surface area contributed by atoms with Crippen LogP contribution in [0.5, 0.6) is 0 Å². The molecule has 0 aliphatic carbocycles. The second-order valence-corrected chi connectivity index (χ2v) is 8.93. The molecule has 2 rings (SSSR count). The summed E-state index contributed by atoms with van der Waals surface area (Å²) >= 11 is 0. The Kier molecular flexibility index (Phi) is 8.18. The monoisotopic (exact) mass is 404 g/mol. The van der Waals surface area contributed by atoms with Crippen molar-refractivity contribution in [3.63, 3.8) is 0 Å². The molecule has 1 amide bonds. The van der Waals surface area contributed by atoms with E-state index in [4.69, 9.17) is 5.26 Å². The van der Waals surface area contributed by atoms with E-state index >= 15 is 0 Å². The Morgan fingerprint density at radius 2 is 1.89 bits per heavy atom. The van der Waals surface area contributed by atoms with Crippen molar-refractivity contribution in [1.82, 2.24) is 14.9 Å². The van der Waals surface area contributed by atoms with Gasteiger partial charge in [-0.3, -0.25) is 9.69 Å². The van der Waals surface area contributed by atoms with E-state index in [1.165, 1.54) is 29.8 Å². The van der Waals surface area contributed by atoms with Crippen molar-refractivity contribution >= 4 is 15.9 Å². The highest BCUT2D eigenvalue weighted by atomic mass is 32.2. The summed E-state index contributed by atoms with van der Waals surface area (Å²) in [4.78, 5) is 14.9. The molecule has 2 N–H and O–H groups in total. The maximum absolute atomic E-state index is 12.4. The van der Waals surface area contributed by atoms with Crippen LogP contribution in [0.2, 0.25) is 0 Å². The number of nitrogens with one attached hydrogen (secondary N) is 2. The summed E-state index contributed by atoms with van der Waals surface area (Å²) in [5.74, 6) is -0.191. The van der Waals surface area contributed by atoms with Crippen molar-refractivity contribution in [1.29, 1.82) is 5.26 Å². The number of amides is 1. The highest BCUT2D eigenvalue weighted by molar-refractivity contribution is 7.89. The number of allylic oxidation sites excluding steroid dienone is 1. The van der Waals surface area contributed by atoms with Crippen LogP contribution in [0.15, 0.2) is 40.8 Å². The normalized spacial score (nSPS) is 15.6. The summed E-state index contributed by atoms with van der Waals surface area (Å²) < 4.78 is 26.6. The third-order valence-electron chi connectivity index (χ3n) is 4.64. The highest BCUT2D eigenvalue weighted by Gasteiger charge is 2.21. The van der Waals surface area contributed by atoms with Gasteiger partial charge in [0.25, 0.3) is 5.91 Å². The minimum absolute atomic E-state index is 0.0629. The lowest BCUT2D eigenvalue weighted by Gasteiger charge is -2.31. The van der Waals surface area contributed by atoms with Gasteiger partial charge in [-0.2, -0.15) is 5.26 Å². The van der Waals surface area contributed by atoms with Gasteiger partial charge >= 0.3 is 0 Å². The van der Waals surface area contributed by atoms with E-state index in [9.17, 15) is 13.2 Å². The number of carbonyl (C=O) groups is 1. The summed E-state index contributed by atoms with van der Waals surface area (Å²) in [7, 11) is -3.66. The Labute approximate surface area is 167 Å². The van der Waals surface area contributed by atoms with Gasteiger partial charge in [-0.15, -0.1) is 0 Å². The lowest BCUT2D eigenvalue weighted by molar-refractivity contribution is 0.0914. The van der Waals surface area contributed by atoms with Crippen molar-refractivity contribution in [2.24, 2.45) is 0 Å². The number of carbonyl (C=O) groups excluding carboxylic acids is 1. The molecule has 8 heteroatoms. The molecule has 1 saturated heterocycles. The third-order valence-corrected chi connectivity index (χ3v) is 6.11. The average Bonchev–Trinajstić information content (AvgIpc) is 2.67. The predicted molar refractivity (Wildman–Crippen MR) is 108 cm³/mol. The fourth-order valence-corrected chi connectivity index (χ4v) is 3.98. The van der Waals surface area contributed by atoms with Crippen LogP contribution >= 0.6 is 0 Å². The van der Waals surface area contributed by atoms with Gasteiger partial charge in [0.2, 0.25) is 10.0 Å². The molecule has 0 unspecified atom stereocenters. The molecule has 7 nitrogen and oxygen atoms in total. The van der Waals surface area contributed by atoms with Crippen molar-refractivity contribution < 1.29 is 13.2 Å². The molecule has 1 aromatic rings. The number of likely N-dealkylation sites (tertiary alicyclic amines) is 1. The zero-order chi connectivity index (χ0) is 20.6. The minimum atomic E-state index is -3.66. The van der Waals surface area contributed by atoms with Gasteiger partial charge in [0, 0.05) is 44.2 Å². The van der Waals surface area contributed by atoms with Gasteiger partial charge in [-0.1, -0.05) is 11.6 Å². The standard InChI is InChI=1S/C20H28N4O3S/c1-16(2)8-13-24-14-9-18(10-15-24)23-20(25)17-4-6-19(7-5-17)28(26,27)22-12-3-11-21/h4-8,18,22H,3,9-10,12-15H2,1-2H3,(H,23,25). The first kappa shape index (κ1) is 22.1. The lowest BCUT2D eigenvalue weighted by Crippen LogP contribution is -2.44. The summed E-state index contributed by atoms with van der Waals surface area (Å²) in [5, 5.41) is 11.5. The lowest BCUT2D eigenvalue weighted by atomic mass is 10.0. The Balaban J connectivity index is 1.87. The SMILES string of the molecule is CC(C)=CCN1CCC(NC(=O)c2ccc(S(=O)(=O)NCCC#N)cc2)CC1. The topological polar surface area (TPSA) is 102 Å². The number of nitriles is 1. The van der Waals surface area contributed by atoms with Crippen LogP contribution in [0.1, 0.15) is 43.5 Å². The van der Waals surface area contributed by atoms with E-state index < -0.39 is 10.0 Å². The molecule has 1 aromatic carbocycles. The molecule has 0 spiro atoms. The quantitative estimate of drug-likeness (QED) is 0.510. The number of hydrogen-bond acceptors (Lipinski definition) is 5. The second kappa shape index (κ2) is 10.4. The predicted octanol–water partition coefficient (Wildman–Crippen LogP) is 2.04. The summed E-state index contributed by atoms with van der Waals surface area (Å²) in [6.45, 7) is 7.08. The van der Waals surface area contributed by atoms with Crippen LogP contribution in [-0.4, -0.2) is 51.4 Å². The van der Waals surface area contributed by atoms with Crippen LogP contribution in [0.3, 0.4) is 0 Å². The largest absolute Gasteiger partial charge is 0.349 e. The minimum Gasteiger partial charge on any atom is -0.349 e. The van der Waals surface area contributed by atoms with Gasteiger partial charge < -0.3 is 5.32 Å². The number of nitrogens with zero attached hydrogens (tertiary/aromatic N) is 2. The number of hydrogen-bond donors (Lipinski definition) is 2. The Hall–Kier alpha value is -2.21. The molecule has 1 aliphatic rings. The van der Waals surface area contributed by atoms with Gasteiger partial charge in [0.05, 0.1) is 11.0 Å². The Morgan fingerprint density at radius 3 is 2.46 bits per heavy atom. The van der Waals surface area contributed by atoms with Crippen LogP contribution in [0.4, 0.5) is 0 Å². The van der Waals surface area contributed by atoms with E-state index in [2.05, 4.69) is 34.9 Å². The molecule has 0 aromatic heterocycles. The van der Waals surface area contributed by atoms with Crippen molar-refractivity contribution in [3.05, 3.63) is 41.5 Å². The molecule has 1 heterocycles. The molecule has 0 bridgehead atoms. The second-order valence-electron chi connectivity index (χ2n) is 7.16. The van der Waals surface area contributed by atoms with E-state index in [-0.39, 0.29) is 29.8 Å². The highest BCUT2D eigenvalue weighted by Crippen LogP contribution is 2.14. The summed E-state index contributed by atoms with van der Waals surface area (Å²) in [6.07, 6.45) is 4.12. The molecule has 0 saturated carbocycles. The van der Waals surface area contributed by atoms with Crippen LogP contribution in [0, 0.1) is 11.3 Å². The summed E-state index contributed by atoms with van der Waals surface area (Å²) in [5.41, 5.74) is 1.74. The molecular formula is C20H28N4O3S. The first-order chi connectivity index (χ1) is 13.3. The van der Waals surface area contributed by atoms with Crippen LogP contribution in [-0.2, 0) is 10.0 Å². The summed E-state index contributed by atoms with van der Waals surface area (Å²) in [6, 6.07) is 7.86.